The minimum Gasteiger partial charge on any atom is -0.493 e. The molecule has 0 aromatic heterocycles. The molecule has 8 bridgehead atoms. The lowest BCUT2D eigenvalue weighted by Crippen LogP contribution is -2.59. The Morgan fingerprint density at radius 3 is 0.615 bits per heavy atom. The number of rotatable bonds is 28. The molecule has 0 radical (unpaired) electrons. The topological polar surface area (TPSA) is 434 Å². The van der Waals surface area contributed by atoms with Gasteiger partial charge in [-0.15, -0.1) is 0 Å². The number of benzene rings is 4. The fourth-order valence-electron chi connectivity index (χ4n) is 12.6. The molecule has 0 unspecified atom stereocenters. The Hall–Kier alpha value is -4.88. The molecule has 4 aromatic rings. The van der Waals surface area contributed by atoms with Gasteiger partial charge in [-0.1, -0.05) is 27.7 Å². The van der Waals surface area contributed by atoms with Crippen LogP contribution in [-0.4, -0.2) is 257 Å². The fraction of sp³-hybridized carbons (Fsp3) is 0.647. The second-order valence-electron chi connectivity index (χ2n) is 25.1. The highest BCUT2D eigenvalue weighted by molar-refractivity contribution is 5.58. The largest absolute Gasteiger partial charge is 0.493 e. The minimum atomic E-state index is -1.74. The zero-order valence-corrected chi connectivity index (χ0v) is 54.4. The van der Waals surface area contributed by atoms with E-state index in [1.807, 2.05) is 76.2 Å². The average molecular weight is 1360 g/mol. The number of aliphatic hydroxyl groups excluding tert-OH is 16. The molecule has 28 heteroatoms. The van der Waals surface area contributed by atoms with Crippen molar-refractivity contribution < 1.29 is 139 Å². The maximum atomic E-state index is 11.2. The SMILES string of the molecule is CCCOc1c2cc(CO[C@@H]3O[C@H](CO)[C@@H](O)[C@H](O)[C@H]3O)cc1Cc1cc(CO[C@@H]3O[C@H](CO)[C@@H](O)[C@H](O)[C@H]3O)cc(c1OCCC)Cc1cc(CO[C@@H]3O[C@H](CO)[C@@H](O)[C@H](O)[C@H]3O)cc(c1OCCC)Cc1cc(CO[C@@H]3O[C@H](CO)[C@@H](O)[C@H](O)[C@H]3O)cc(c1OCCC)C2. The second-order valence-corrected chi connectivity index (χ2v) is 25.1. The number of ether oxygens (including phenoxy) is 12. The Balaban J connectivity index is 1.28. The van der Waals surface area contributed by atoms with Gasteiger partial charge in [-0.3, -0.25) is 0 Å². The summed E-state index contributed by atoms with van der Waals surface area (Å²) in [5.41, 5.74) is 6.68. The molecule has 28 nitrogen and oxygen atoms in total. The zero-order valence-electron chi connectivity index (χ0n) is 54.4. The van der Waals surface area contributed by atoms with Crippen molar-refractivity contribution in [1.29, 1.82) is 0 Å². The Morgan fingerprint density at radius 2 is 0.458 bits per heavy atom. The van der Waals surface area contributed by atoms with Gasteiger partial charge in [0, 0.05) is 25.7 Å². The second kappa shape index (κ2) is 34.9. The molecule has 1 aliphatic carbocycles. The third-order valence-corrected chi connectivity index (χ3v) is 17.6. The van der Waals surface area contributed by atoms with Crippen LogP contribution in [0.5, 0.6) is 23.0 Å². The van der Waals surface area contributed by atoms with Crippen molar-refractivity contribution in [2.75, 3.05) is 52.9 Å². The van der Waals surface area contributed by atoms with E-state index in [2.05, 4.69) is 0 Å². The lowest BCUT2D eigenvalue weighted by atomic mass is 9.88. The molecule has 4 heterocycles. The first kappa shape index (κ1) is 75.3. The van der Waals surface area contributed by atoms with Crippen LogP contribution in [0.4, 0.5) is 0 Å². The number of fused-ring (bicyclic) bond motifs is 8. The van der Waals surface area contributed by atoms with Gasteiger partial charge in [0.05, 0.1) is 79.3 Å². The van der Waals surface area contributed by atoms with E-state index in [0.29, 0.717) is 115 Å². The zero-order chi connectivity index (χ0) is 69.1. The highest BCUT2D eigenvalue weighted by Crippen LogP contribution is 2.43. The van der Waals surface area contributed by atoms with Crippen LogP contribution in [0.2, 0.25) is 0 Å². The Kier molecular flexibility index (Phi) is 27.4. The molecule has 4 aliphatic heterocycles. The third-order valence-electron chi connectivity index (χ3n) is 17.6. The number of aliphatic hydroxyl groups is 16. The van der Waals surface area contributed by atoms with Gasteiger partial charge in [0.15, 0.2) is 25.2 Å². The summed E-state index contributed by atoms with van der Waals surface area (Å²) in [7, 11) is 0. The highest BCUT2D eigenvalue weighted by atomic mass is 16.7. The van der Waals surface area contributed by atoms with E-state index in [1.54, 1.807) is 0 Å². The number of hydrogen-bond acceptors (Lipinski definition) is 28. The molecule has 0 amide bonds. The van der Waals surface area contributed by atoms with Crippen molar-refractivity contribution in [3.63, 3.8) is 0 Å². The van der Waals surface area contributed by atoms with Gasteiger partial charge >= 0.3 is 0 Å². The van der Waals surface area contributed by atoms with E-state index in [-0.39, 0.29) is 78.5 Å². The predicted octanol–water partition coefficient (Wildman–Crippen LogP) is -1.22. The summed E-state index contributed by atoms with van der Waals surface area (Å²) in [6.45, 7) is 4.82. The molecule has 4 fully saturated rings. The molecule has 0 saturated carbocycles. The normalized spacial score (nSPS) is 31.6. The monoisotopic (exact) mass is 1360 g/mol. The van der Waals surface area contributed by atoms with Gasteiger partial charge in [-0.05, 0) is 141 Å². The van der Waals surface area contributed by atoms with E-state index >= 15 is 0 Å². The lowest BCUT2D eigenvalue weighted by molar-refractivity contribution is -0.304. The maximum Gasteiger partial charge on any atom is 0.187 e. The summed E-state index contributed by atoms with van der Waals surface area (Å²) in [6.07, 6.45) is -29.2. The summed E-state index contributed by atoms with van der Waals surface area (Å²) in [5, 5.41) is 171. The van der Waals surface area contributed by atoms with E-state index in [0.717, 1.165) is 0 Å². The first-order chi connectivity index (χ1) is 46.2. The summed E-state index contributed by atoms with van der Waals surface area (Å²) in [5.74, 6) is 1.79. The molecular weight excluding hydrogens is 1260 g/mol. The molecule has 96 heavy (non-hydrogen) atoms. The summed E-state index contributed by atoms with van der Waals surface area (Å²) in [4.78, 5) is 0. The van der Waals surface area contributed by atoms with Crippen LogP contribution in [0, 0.1) is 0 Å². The number of hydrogen-bond donors (Lipinski definition) is 16. The Morgan fingerprint density at radius 1 is 0.281 bits per heavy atom. The third kappa shape index (κ3) is 17.5. The molecule has 4 saturated heterocycles. The van der Waals surface area contributed by atoms with E-state index < -0.39 is 149 Å². The average Bonchev–Trinajstić information content (AvgIpc) is 0.784. The van der Waals surface area contributed by atoms with E-state index in [9.17, 15) is 81.7 Å². The van der Waals surface area contributed by atoms with Crippen LogP contribution >= 0.6 is 0 Å². The molecule has 4 aromatic carbocycles. The van der Waals surface area contributed by atoms with Crippen LogP contribution in [-0.2, 0) is 90.0 Å². The smallest absolute Gasteiger partial charge is 0.187 e. The van der Waals surface area contributed by atoms with Crippen molar-refractivity contribution in [2.45, 2.75) is 228 Å². The van der Waals surface area contributed by atoms with Gasteiger partial charge in [0.2, 0.25) is 0 Å². The standard InChI is InChI=1S/C68H96O28/c1-5-9-85-61-37-13-33(29-89-65-57(81)53(77)49(73)45(25-69)93-65)14-38(61)22-40-16-35(31-91-67-59(83)55(79)51(75)47(27-71)95-67)18-42(63(40)87-11-7-3)24-44-20-36(32-92-68-60(84)56(80)52(76)48(28-72)96-68)19-43(64(44)88-12-8-4)23-41-17-34(15-39(21-37)62(41)86-10-6-2)30-90-66-58(82)54(78)50(74)46(26-70)94-66/h13-20,45-60,65-84H,5-12,21-32H2,1-4H3/t45-,46-,47-,48-,49-,50-,51-,52-,53+,54+,55+,56+,57-,58-,59-,60-,65-,66-,67-,68-/m1/s1. The van der Waals surface area contributed by atoms with Gasteiger partial charge in [-0.2, -0.15) is 0 Å². The molecular formula is C68H96O28. The van der Waals surface area contributed by atoms with Crippen LogP contribution in [0.3, 0.4) is 0 Å². The summed E-state index contributed by atoms with van der Waals surface area (Å²) < 4.78 is 75.5. The lowest BCUT2D eigenvalue weighted by Gasteiger charge is -2.39. The molecule has 5 aliphatic rings. The van der Waals surface area contributed by atoms with Gasteiger partial charge in [0.1, 0.15) is 121 Å². The van der Waals surface area contributed by atoms with E-state index in [4.69, 9.17) is 56.8 Å². The van der Waals surface area contributed by atoms with Crippen molar-refractivity contribution >= 4 is 0 Å². The van der Waals surface area contributed by atoms with E-state index in [1.165, 1.54) is 0 Å². The Bertz CT molecular complexity index is 2610. The molecule has 0 spiro atoms. The van der Waals surface area contributed by atoms with Crippen molar-refractivity contribution in [1.82, 2.24) is 0 Å². The van der Waals surface area contributed by atoms with Crippen molar-refractivity contribution in [3.05, 3.63) is 115 Å². The highest BCUT2D eigenvalue weighted by Gasteiger charge is 2.48. The van der Waals surface area contributed by atoms with Gasteiger partial charge in [0.25, 0.3) is 0 Å². The van der Waals surface area contributed by atoms with Gasteiger partial charge in [-0.25, -0.2) is 0 Å². The fourth-order valence-corrected chi connectivity index (χ4v) is 12.6. The van der Waals surface area contributed by atoms with Crippen LogP contribution < -0.4 is 18.9 Å². The first-order valence-corrected chi connectivity index (χ1v) is 33.0. The minimum absolute atomic E-state index is 0.0503. The van der Waals surface area contributed by atoms with Crippen molar-refractivity contribution in [3.8, 4) is 23.0 Å². The van der Waals surface area contributed by atoms with Crippen molar-refractivity contribution in [2.24, 2.45) is 0 Å². The molecule has 20 atom stereocenters. The molecule has 16 N–H and O–H groups in total. The summed E-state index contributed by atoms with van der Waals surface area (Å²) in [6, 6.07) is 14.7. The first-order valence-electron chi connectivity index (χ1n) is 33.0. The predicted molar refractivity (Wildman–Crippen MR) is 334 cm³/mol. The quantitative estimate of drug-likeness (QED) is 0.0279. The van der Waals surface area contributed by atoms with Crippen LogP contribution in [0.15, 0.2) is 48.5 Å². The van der Waals surface area contributed by atoms with Crippen LogP contribution in [0.25, 0.3) is 0 Å². The maximum absolute atomic E-state index is 11.2. The van der Waals surface area contributed by atoms with Crippen LogP contribution in [0.1, 0.15) is 120 Å². The Labute approximate surface area is 556 Å². The summed E-state index contributed by atoms with van der Waals surface area (Å²) >= 11 is 0. The van der Waals surface area contributed by atoms with Gasteiger partial charge < -0.3 is 139 Å². The molecule has 9 rings (SSSR count). The molecule has 536 valence electrons.